The Morgan fingerprint density at radius 3 is 2.06 bits per heavy atom. The molecule has 12 heteroatoms. The third-order valence-electron chi connectivity index (χ3n) is 4.50. The zero-order valence-electron chi connectivity index (χ0n) is 18.9. The summed E-state index contributed by atoms with van der Waals surface area (Å²) in [4.78, 5) is 41.9. The number of esters is 1. The molecule has 34 heavy (non-hydrogen) atoms. The van der Waals surface area contributed by atoms with E-state index in [1.807, 2.05) is 0 Å². The van der Waals surface area contributed by atoms with Gasteiger partial charge >= 0.3 is 22.1 Å². The Morgan fingerprint density at radius 2 is 1.56 bits per heavy atom. The predicted molar refractivity (Wildman–Crippen MR) is 125 cm³/mol. The first kappa shape index (κ1) is 26.3. The molecule has 0 aliphatic heterocycles. The molecular formula is C22H26N4O7S. The second-order valence-electron chi connectivity index (χ2n) is 7.59. The minimum absolute atomic E-state index is 0.0485. The fourth-order valence-corrected chi connectivity index (χ4v) is 3.31. The van der Waals surface area contributed by atoms with Crippen molar-refractivity contribution in [2.75, 3.05) is 20.4 Å². The summed E-state index contributed by atoms with van der Waals surface area (Å²) in [5, 5.41) is 0. The number of nitrogens with zero attached hydrogens (tertiary/aromatic N) is 2. The Balaban J connectivity index is 2.14. The Hall–Kier alpha value is -3.93. The normalized spacial score (nSPS) is 11.7. The molecule has 0 saturated carbocycles. The van der Waals surface area contributed by atoms with E-state index in [0.29, 0.717) is 11.3 Å². The molecule has 182 valence electrons. The lowest BCUT2D eigenvalue weighted by atomic mass is 9.92. The van der Waals surface area contributed by atoms with Crippen LogP contribution in [0.25, 0.3) is 0 Å². The Morgan fingerprint density at radius 1 is 0.971 bits per heavy atom. The SMILES string of the molecule is CN(C)C(=O)CC(CC(=O)OS(C)(=O)=O)c1ccc(OC(=O)c2ccc(N=C(N)N)cc2)cc1. The average Bonchev–Trinajstić information content (AvgIpc) is 2.72. The number of carbonyl (C=O) groups excluding carboxylic acids is 3. The van der Waals surface area contributed by atoms with E-state index in [1.54, 1.807) is 38.4 Å². The van der Waals surface area contributed by atoms with Crippen LogP contribution >= 0.6 is 0 Å². The second-order valence-corrected chi connectivity index (χ2v) is 9.17. The highest BCUT2D eigenvalue weighted by atomic mass is 32.2. The quantitative estimate of drug-likeness (QED) is 0.173. The van der Waals surface area contributed by atoms with Gasteiger partial charge in [0, 0.05) is 26.4 Å². The van der Waals surface area contributed by atoms with E-state index in [2.05, 4.69) is 9.18 Å². The summed E-state index contributed by atoms with van der Waals surface area (Å²) in [5.41, 5.74) is 12.0. The van der Waals surface area contributed by atoms with Gasteiger partial charge in [-0.05, 0) is 42.0 Å². The molecule has 0 saturated heterocycles. The molecule has 0 bridgehead atoms. The first-order valence-electron chi connectivity index (χ1n) is 9.98. The molecule has 0 heterocycles. The molecule has 1 amide bonds. The van der Waals surface area contributed by atoms with Gasteiger partial charge in [-0.2, -0.15) is 8.42 Å². The van der Waals surface area contributed by atoms with Gasteiger partial charge in [-0.15, -0.1) is 0 Å². The molecule has 0 aliphatic rings. The zero-order chi connectivity index (χ0) is 25.5. The van der Waals surface area contributed by atoms with E-state index in [1.165, 1.54) is 29.2 Å². The fraction of sp³-hybridized carbons (Fsp3) is 0.273. The Bertz CT molecular complexity index is 1170. The van der Waals surface area contributed by atoms with Crippen LogP contribution in [0.5, 0.6) is 5.75 Å². The molecule has 2 aromatic carbocycles. The lowest BCUT2D eigenvalue weighted by molar-refractivity contribution is -0.134. The fourth-order valence-electron chi connectivity index (χ4n) is 2.90. The van der Waals surface area contributed by atoms with Gasteiger partial charge in [0.05, 0.1) is 23.9 Å². The Labute approximate surface area is 197 Å². The van der Waals surface area contributed by atoms with Crippen molar-refractivity contribution in [3.05, 3.63) is 59.7 Å². The lowest BCUT2D eigenvalue weighted by Crippen LogP contribution is -2.25. The Kier molecular flexibility index (Phi) is 8.73. The van der Waals surface area contributed by atoms with Crippen molar-refractivity contribution in [3.63, 3.8) is 0 Å². The van der Waals surface area contributed by atoms with Crippen LogP contribution in [0.15, 0.2) is 53.5 Å². The van der Waals surface area contributed by atoms with Crippen molar-refractivity contribution in [1.82, 2.24) is 4.90 Å². The van der Waals surface area contributed by atoms with E-state index in [0.717, 1.165) is 6.26 Å². The molecule has 2 aromatic rings. The maximum absolute atomic E-state index is 12.4. The highest BCUT2D eigenvalue weighted by Crippen LogP contribution is 2.27. The van der Waals surface area contributed by atoms with Crippen LogP contribution in [-0.2, 0) is 23.9 Å². The summed E-state index contributed by atoms with van der Waals surface area (Å²) >= 11 is 0. The monoisotopic (exact) mass is 490 g/mol. The van der Waals surface area contributed by atoms with Gasteiger partial charge in [-0.25, -0.2) is 9.79 Å². The summed E-state index contributed by atoms with van der Waals surface area (Å²) < 4.78 is 32.2. The highest BCUT2D eigenvalue weighted by Gasteiger charge is 2.23. The van der Waals surface area contributed by atoms with Crippen molar-refractivity contribution < 1.29 is 31.7 Å². The first-order valence-corrected chi connectivity index (χ1v) is 11.8. The van der Waals surface area contributed by atoms with Gasteiger partial charge < -0.3 is 25.3 Å². The van der Waals surface area contributed by atoms with E-state index >= 15 is 0 Å². The number of guanidine groups is 1. The number of ether oxygens (including phenoxy) is 1. The van der Waals surface area contributed by atoms with E-state index < -0.39 is 28.0 Å². The number of hydrogen-bond donors (Lipinski definition) is 2. The van der Waals surface area contributed by atoms with Crippen LogP contribution in [0.3, 0.4) is 0 Å². The predicted octanol–water partition coefficient (Wildman–Crippen LogP) is 1.27. The maximum Gasteiger partial charge on any atom is 0.343 e. The molecule has 11 nitrogen and oxygen atoms in total. The summed E-state index contributed by atoms with van der Waals surface area (Å²) in [6, 6.07) is 12.3. The van der Waals surface area contributed by atoms with Crippen LogP contribution in [0.1, 0.15) is 34.7 Å². The zero-order valence-corrected chi connectivity index (χ0v) is 19.7. The highest BCUT2D eigenvalue weighted by molar-refractivity contribution is 7.86. The number of benzene rings is 2. The summed E-state index contributed by atoms with van der Waals surface area (Å²) in [7, 11) is -0.833. The van der Waals surface area contributed by atoms with Crippen LogP contribution in [0.2, 0.25) is 0 Å². The van der Waals surface area contributed by atoms with Crippen molar-refractivity contribution in [3.8, 4) is 5.75 Å². The lowest BCUT2D eigenvalue weighted by Gasteiger charge is -2.19. The minimum atomic E-state index is -3.97. The topological polar surface area (TPSA) is 171 Å². The number of aliphatic imine (C=N–C) groups is 1. The van der Waals surface area contributed by atoms with Crippen LogP contribution in [0, 0.1) is 0 Å². The standard InChI is InChI=1S/C22H26N4O7S/c1-26(2)19(27)12-16(13-20(28)33-34(3,30)31)14-6-10-18(11-7-14)32-21(29)15-4-8-17(9-5-15)25-22(23)24/h4-11,16H,12-13H2,1-3H3,(H4,23,24,25). The van der Waals surface area contributed by atoms with Gasteiger partial charge in [0.2, 0.25) is 5.91 Å². The molecule has 0 aliphatic carbocycles. The largest absolute Gasteiger partial charge is 0.423 e. The molecule has 1 atom stereocenters. The molecule has 0 fully saturated rings. The third kappa shape index (κ3) is 8.54. The van der Waals surface area contributed by atoms with Gasteiger partial charge in [-0.3, -0.25) is 9.59 Å². The second kappa shape index (κ2) is 11.3. The van der Waals surface area contributed by atoms with Crippen LogP contribution in [0.4, 0.5) is 5.69 Å². The maximum atomic E-state index is 12.4. The summed E-state index contributed by atoms with van der Waals surface area (Å²) in [6.07, 6.45) is 0.392. The molecule has 0 aromatic heterocycles. The average molecular weight is 491 g/mol. The van der Waals surface area contributed by atoms with Crippen LogP contribution < -0.4 is 16.2 Å². The number of hydrogen-bond acceptors (Lipinski definition) is 8. The molecule has 0 radical (unpaired) electrons. The summed E-state index contributed by atoms with van der Waals surface area (Å²) in [5.74, 6) is -2.35. The van der Waals surface area contributed by atoms with Gasteiger partial charge in [-0.1, -0.05) is 12.1 Å². The number of carbonyl (C=O) groups is 3. The van der Waals surface area contributed by atoms with E-state index in [4.69, 9.17) is 16.2 Å². The number of amides is 1. The molecule has 1 unspecified atom stereocenters. The smallest absolute Gasteiger partial charge is 0.343 e. The third-order valence-corrected chi connectivity index (χ3v) is 4.99. The van der Waals surface area contributed by atoms with Gasteiger partial charge in [0.1, 0.15) is 5.75 Å². The van der Waals surface area contributed by atoms with Crippen molar-refractivity contribution in [2.24, 2.45) is 16.5 Å². The van der Waals surface area contributed by atoms with Crippen molar-refractivity contribution >= 4 is 39.6 Å². The molecular weight excluding hydrogens is 464 g/mol. The van der Waals surface area contributed by atoms with Crippen molar-refractivity contribution in [2.45, 2.75) is 18.8 Å². The van der Waals surface area contributed by atoms with Gasteiger partial charge in [0.25, 0.3) is 0 Å². The van der Waals surface area contributed by atoms with Gasteiger partial charge in [0.15, 0.2) is 5.96 Å². The number of rotatable bonds is 9. The molecule has 0 spiro atoms. The first-order chi connectivity index (χ1) is 15.8. The van der Waals surface area contributed by atoms with E-state index in [9.17, 15) is 22.8 Å². The van der Waals surface area contributed by atoms with E-state index in [-0.39, 0.29) is 36.0 Å². The van der Waals surface area contributed by atoms with Crippen molar-refractivity contribution in [1.29, 1.82) is 0 Å². The molecule has 2 rings (SSSR count). The minimum Gasteiger partial charge on any atom is -0.423 e. The molecule has 4 N–H and O–H groups in total. The number of nitrogens with two attached hydrogens (primary N) is 2. The summed E-state index contributed by atoms with van der Waals surface area (Å²) in [6.45, 7) is 0. The van der Waals surface area contributed by atoms with Crippen LogP contribution in [-0.4, -0.2) is 57.5 Å².